The van der Waals surface area contributed by atoms with E-state index in [1.165, 1.54) is 0 Å². The van der Waals surface area contributed by atoms with Gasteiger partial charge < -0.3 is 9.64 Å². The standard InChI is InChI=1S/C12H16N2O2/c1-9-3-4-11(13-6-9)16-8-10-5-12(15)14(2)7-10/h3-4,6,10H,5,7-8H2,1-2H3. The van der Waals surface area contributed by atoms with Crippen LogP contribution in [0, 0.1) is 12.8 Å². The van der Waals surface area contributed by atoms with E-state index in [1.54, 1.807) is 11.1 Å². The van der Waals surface area contributed by atoms with Gasteiger partial charge in [-0.1, -0.05) is 6.07 Å². The van der Waals surface area contributed by atoms with Crippen molar-refractivity contribution in [2.45, 2.75) is 13.3 Å². The Hall–Kier alpha value is -1.58. The lowest BCUT2D eigenvalue weighted by molar-refractivity contribution is -0.126. The van der Waals surface area contributed by atoms with Crippen molar-refractivity contribution >= 4 is 5.91 Å². The SMILES string of the molecule is Cc1ccc(OCC2CC(=O)N(C)C2)nc1. The summed E-state index contributed by atoms with van der Waals surface area (Å²) in [6.45, 7) is 3.33. The third-order valence-corrected chi connectivity index (χ3v) is 2.77. The summed E-state index contributed by atoms with van der Waals surface area (Å²) in [5, 5.41) is 0. The maximum atomic E-state index is 11.3. The predicted octanol–water partition coefficient (Wildman–Crippen LogP) is 1.25. The summed E-state index contributed by atoms with van der Waals surface area (Å²) in [5.41, 5.74) is 1.11. The van der Waals surface area contributed by atoms with Crippen LogP contribution in [0.25, 0.3) is 0 Å². The summed E-state index contributed by atoms with van der Waals surface area (Å²) >= 11 is 0. The molecule has 0 saturated carbocycles. The zero-order valence-electron chi connectivity index (χ0n) is 9.64. The number of carbonyl (C=O) groups is 1. The molecule has 1 saturated heterocycles. The lowest BCUT2D eigenvalue weighted by Crippen LogP contribution is -2.20. The zero-order valence-corrected chi connectivity index (χ0v) is 9.64. The van der Waals surface area contributed by atoms with E-state index in [2.05, 4.69) is 4.98 Å². The fraction of sp³-hybridized carbons (Fsp3) is 0.500. The van der Waals surface area contributed by atoms with Crippen LogP contribution in [0.15, 0.2) is 18.3 Å². The molecule has 0 bridgehead atoms. The van der Waals surface area contributed by atoms with Gasteiger partial charge in [0.2, 0.25) is 11.8 Å². The molecular formula is C12H16N2O2. The second-order valence-corrected chi connectivity index (χ2v) is 4.33. The van der Waals surface area contributed by atoms with E-state index < -0.39 is 0 Å². The Kier molecular flexibility index (Phi) is 3.08. The molecule has 4 nitrogen and oxygen atoms in total. The van der Waals surface area contributed by atoms with Gasteiger partial charge in [0.15, 0.2) is 0 Å². The highest BCUT2D eigenvalue weighted by Gasteiger charge is 2.27. The van der Waals surface area contributed by atoms with Crippen molar-refractivity contribution in [2.24, 2.45) is 5.92 Å². The molecule has 1 unspecified atom stereocenters. The van der Waals surface area contributed by atoms with Crippen LogP contribution in [-0.4, -0.2) is 36.0 Å². The van der Waals surface area contributed by atoms with Gasteiger partial charge in [0.1, 0.15) is 0 Å². The molecule has 0 N–H and O–H groups in total. The molecule has 1 amide bonds. The fourth-order valence-electron chi connectivity index (χ4n) is 1.81. The molecule has 2 rings (SSSR count). The first-order chi connectivity index (χ1) is 7.65. The summed E-state index contributed by atoms with van der Waals surface area (Å²) in [5.74, 6) is 1.12. The summed E-state index contributed by atoms with van der Waals surface area (Å²) in [7, 11) is 1.83. The minimum atomic E-state index is 0.200. The molecule has 0 spiro atoms. The van der Waals surface area contributed by atoms with Crippen molar-refractivity contribution in [3.63, 3.8) is 0 Å². The summed E-state index contributed by atoms with van der Waals surface area (Å²) in [6, 6.07) is 3.82. The van der Waals surface area contributed by atoms with Gasteiger partial charge in [-0.25, -0.2) is 4.98 Å². The van der Waals surface area contributed by atoms with E-state index in [0.29, 0.717) is 24.8 Å². The third-order valence-electron chi connectivity index (χ3n) is 2.77. The number of amides is 1. The normalized spacial score (nSPS) is 20.2. The maximum absolute atomic E-state index is 11.3. The highest BCUT2D eigenvalue weighted by atomic mass is 16.5. The van der Waals surface area contributed by atoms with E-state index in [4.69, 9.17) is 4.74 Å². The lowest BCUT2D eigenvalue weighted by Gasteiger charge is -2.11. The van der Waals surface area contributed by atoms with Gasteiger partial charge in [0.05, 0.1) is 6.61 Å². The van der Waals surface area contributed by atoms with Crippen molar-refractivity contribution in [3.05, 3.63) is 23.9 Å². The van der Waals surface area contributed by atoms with Crippen LogP contribution in [0.3, 0.4) is 0 Å². The first-order valence-electron chi connectivity index (χ1n) is 5.44. The van der Waals surface area contributed by atoms with Gasteiger partial charge in [-0.3, -0.25) is 4.79 Å². The molecule has 2 heterocycles. The average Bonchev–Trinajstić information content (AvgIpc) is 2.58. The quantitative estimate of drug-likeness (QED) is 0.769. The molecule has 0 aliphatic carbocycles. The van der Waals surface area contributed by atoms with E-state index in [-0.39, 0.29) is 5.91 Å². The number of hydrogen-bond acceptors (Lipinski definition) is 3. The Labute approximate surface area is 95.2 Å². The topological polar surface area (TPSA) is 42.4 Å². The Morgan fingerprint density at radius 2 is 2.38 bits per heavy atom. The zero-order chi connectivity index (χ0) is 11.5. The number of ether oxygens (including phenoxy) is 1. The summed E-state index contributed by atoms with van der Waals surface area (Å²) < 4.78 is 5.55. The van der Waals surface area contributed by atoms with Gasteiger partial charge in [-0.2, -0.15) is 0 Å². The number of carbonyl (C=O) groups excluding carboxylic acids is 1. The summed E-state index contributed by atoms with van der Waals surface area (Å²) in [6.07, 6.45) is 2.36. The second kappa shape index (κ2) is 4.51. The van der Waals surface area contributed by atoms with Crippen molar-refractivity contribution < 1.29 is 9.53 Å². The third kappa shape index (κ3) is 2.51. The van der Waals surface area contributed by atoms with Crippen molar-refractivity contribution in [2.75, 3.05) is 20.2 Å². The maximum Gasteiger partial charge on any atom is 0.222 e. The van der Waals surface area contributed by atoms with Crippen LogP contribution in [-0.2, 0) is 4.79 Å². The van der Waals surface area contributed by atoms with E-state index in [0.717, 1.165) is 12.1 Å². The number of aromatic nitrogens is 1. The van der Waals surface area contributed by atoms with Crippen molar-refractivity contribution in [1.29, 1.82) is 0 Å². The predicted molar refractivity (Wildman–Crippen MR) is 60.2 cm³/mol. The molecule has 0 aromatic carbocycles. The van der Waals surface area contributed by atoms with Crippen LogP contribution >= 0.6 is 0 Å². The van der Waals surface area contributed by atoms with Gasteiger partial charge in [-0.15, -0.1) is 0 Å². The Bertz CT molecular complexity index is 375. The van der Waals surface area contributed by atoms with Gasteiger partial charge >= 0.3 is 0 Å². The monoisotopic (exact) mass is 220 g/mol. The van der Waals surface area contributed by atoms with E-state index in [1.807, 2.05) is 26.1 Å². The van der Waals surface area contributed by atoms with Gasteiger partial charge in [-0.05, 0) is 12.5 Å². The van der Waals surface area contributed by atoms with Gasteiger partial charge in [0.25, 0.3) is 0 Å². The first kappa shape index (κ1) is 10.9. The number of nitrogens with zero attached hydrogens (tertiary/aromatic N) is 2. The Morgan fingerprint density at radius 3 is 2.94 bits per heavy atom. The highest BCUT2D eigenvalue weighted by Crippen LogP contribution is 2.17. The fourth-order valence-corrected chi connectivity index (χ4v) is 1.81. The molecule has 4 heteroatoms. The minimum absolute atomic E-state index is 0.200. The van der Waals surface area contributed by atoms with Crippen LogP contribution in [0.4, 0.5) is 0 Å². The molecule has 1 aliphatic heterocycles. The van der Waals surface area contributed by atoms with Crippen molar-refractivity contribution in [1.82, 2.24) is 9.88 Å². The van der Waals surface area contributed by atoms with E-state index >= 15 is 0 Å². The number of rotatable bonds is 3. The number of aryl methyl sites for hydroxylation is 1. The smallest absolute Gasteiger partial charge is 0.222 e. The average molecular weight is 220 g/mol. The number of pyridine rings is 1. The molecule has 1 atom stereocenters. The largest absolute Gasteiger partial charge is 0.477 e. The molecule has 16 heavy (non-hydrogen) atoms. The van der Waals surface area contributed by atoms with E-state index in [9.17, 15) is 4.79 Å². The van der Waals surface area contributed by atoms with Crippen LogP contribution in [0.5, 0.6) is 5.88 Å². The molecule has 1 aromatic rings. The molecule has 86 valence electrons. The molecule has 1 aliphatic rings. The number of hydrogen-bond donors (Lipinski definition) is 0. The lowest BCUT2D eigenvalue weighted by atomic mass is 10.1. The molecule has 1 aromatic heterocycles. The minimum Gasteiger partial charge on any atom is -0.477 e. The van der Waals surface area contributed by atoms with Gasteiger partial charge in [0, 0.05) is 38.2 Å². The molecule has 0 radical (unpaired) electrons. The second-order valence-electron chi connectivity index (χ2n) is 4.33. The Balaban J connectivity index is 1.84. The number of likely N-dealkylation sites (tertiary alicyclic amines) is 1. The first-order valence-corrected chi connectivity index (χ1v) is 5.44. The summed E-state index contributed by atoms with van der Waals surface area (Å²) in [4.78, 5) is 17.2. The molecule has 1 fully saturated rings. The van der Waals surface area contributed by atoms with Crippen LogP contribution in [0.1, 0.15) is 12.0 Å². The van der Waals surface area contributed by atoms with Crippen LogP contribution in [0.2, 0.25) is 0 Å². The Morgan fingerprint density at radius 1 is 1.56 bits per heavy atom. The highest BCUT2D eigenvalue weighted by molar-refractivity contribution is 5.78. The van der Waals surface area contributed by atoms with Crippen molar-refractivity contribution in [3.8, 4) is 5.88 Å². The molecular weight excluding hydrogens is 204 g/mol. The van der Waals surface area contributed by atoms with Crippen LogP contribution < -0.4 is 4.74 Å².